The molecule has 0 amide bonds. The molecular weight excluding hydrogens is 311 g/mol. The fourth-order valence-electron chi connectivity index (χ4n) is 3.07. The van der Waals surface area contributed by atoms with E-state index in [1.165, 1.54) is 37.8 Å². The van der Waals surface area contributed by atoms with E-state index in [4.69, 9.17) is 0 Å². The van der Waals surface area contributed by atoms with E-state index in [0.29, 0.717) is 12.5 Å². The summed E-state index contributed by atoms with van der Waals surface area (Å²) < 4.78 is 14.8. The maximum atomic E-state index is 13.0. The highest BCUT2D eigenvalue weighted by atomic mass is 32.1. The second-order valence-corrected chi connectivity index (χ2v) is 6.83. The number of rotatable bonds is 4. The van der Waals surface area contributed by atoms with Gasteiger partial charge in [-0.05, 0) is 37.1 Å². The largest absolute Gasteiger partial charge is 0.246 e. The van der Waals surface area contributed by atoms with Crippen molar-refractivity contribution in [2.24, 2.45) is 0 Å². The monoisotopic (exact) mass is 328 g/mol. The standard InChI is InChI=1S/C17H17FN4S/c18-14-7-5-13(6-8-14)17-19-15(11-23-17)9-22-10-16(20-21-22)12-3-1-2-4-12/h5-8,10-12H,1-4,9H2. The first-order valence-corrected chi connectivity index (χ1v) is 8.76. The number of halogens is 1. The highest BCUT2D eigenvalue weighted by Gasteiger charge is 2.20. The molecule has 0 bridgehead atoms. The Hall–Kier alpha value is -2.08. The van der Waals surface area contributed by atoms with Gasteiger partial charge < -0.3 is 0 Å². The van der Waals surface area contributed by atoms with Gasteiger partial charge in [-0.2, -0.15) is 0 Å². The third kappa shape index (κ3) is 3.17. The van der Waals surface area contributed by atoms with Crippen molar-refractivity contribution < 1.29 is 4.39 Å². The zero-order valence-corrected chi connectivity index (χ0v) is 13.5. The second-order valence-electron chi connectivity index (χ2n) is 5.97. The quantitative estimate of drug-likeness (QED) is 0.719. The lowest BCUT2D eigenvalue weighted by atomic mass is 10.1. The van der Waals surface area contributed by atoms with Gasteiger partial charge in [0.1, 0.15) is 10.8 Å². The molecule has 1 saturated carbocycles. The molecule has 1 fully saturated rings. The van der Waals surface area contributed by atoms with Crippen molar-refractivity contribution in [3.63, 3.8) is 0 Å². The van der Waals surface area contributed by atoms with Crippen molar-refractivity contribution in [2.45, 2.75) is 38.1 Å². The molecule has 0 unspecified atom stereocenters. The molecule has 118 valence electrons. The summed E-state index contributed by atoms with van der Waals surface area (Å²) in [5.74, 6) is 0.349. The molecule has 1 aromatic carbocycles. The molecule has 0 atom stereocenters. The van der Waals surface area contributed by atoms with Crippen LogP contribution in [0.15, 0.2) is 35.8 Å². The summed E-state index contributed by atoms with van der Waals surface area (Å²) >= 11 is 1.56. The Labute approximate surface area is 138 Å². The maximum Gasteiger partial charge on any atom is 0.123 e. The molecule has 0 spiro atoms. The molecule has 4 rings (SSSR count). The Balaban J connectivity index is 1.48. The zero-order valence-electron chi connectivity index (χ0n) is 12.7. The summed E-state index contributed by atoms with van der Waals surface area (Å²) in [5, 5.41) is 11.5. The van der Waals surface area contributed by atoms with Crippen LogP contribution in [0.4, 0.5) is 4.39 Å². The van der Waals surface area contributed by atoms with Gasteiger partial charge in [-0.25, -0.2) is 14.1 Å². The van der Waals surface area contributed by atoms with Crippen LogP contribution < -0.4 is 0 Å². The number of aromatic nitrogens is 4. The Bertz CT molecular complexity index is 787. The van der Waals surface area contributed by atoms with Crippen LogP contribution in [0.5, 0.6) is 0 Å². The number of nitrogens with zero attached hydrogens (tertiary/aromatic N) is 4. The van der Waals surface area contributed by atoms with Crippen LogP contribution in [0.3, 0.4) is 0 Å². The van der Waals surface area contributed by atoms with Gasteiger partial charge in [-0.15, -0.1) is 16.4 Å². The van der Waals surface area contributed by atoms with Gasteiger partial charge >= 0.3 is 0 Å². The van der Waals surface area contributed by atoms with Gasteiger partial charge in [-0.1, -0.05) is 18.1 Å². The molecule has 0 saturated heterocycles. The van der Waals surface area contributed by atoms with Crippen molar-refractivity contribution >= 4 is 11.3 Å². The van der Waals surface area contributed by atoms with E-state index in [1.807, 2.05) is 16.3 Å². The summed E-state index contributed by atoms with van der Waals surface area (Å²) in [6.07, 6.45) is 7.09. The highest BCUT2D eigenvalue weighted by molar-refractivity contribution is 7.13. The second kappa shape index (κ2) is 6.20. The SMILES string of the molecule is Fc1ccc(-c2nc(Cn3cc(C4CCCC4)nn3)cs2)cc1. The van der Waals surface area contributed by atoms with Crippen LogP contribution >= 0.6 is 11.3 Å². The molecule has 1 aliphatic rings. The number of hydrogen-bond donors (Lipinski definition) is 0. The van der Waals surface area contributed by atoms with Crippen molar-refractivity contribution in [2.75, 3.05) is 0 Å². The van der Waals surface area contributed by atoms with Crippen molar-refractivity contribution in [3.8, 4) is 10.6 Å². The van der Waals surface area contributed by atoms with Crippen LogP contribution in [-0.4, -0.2) is 20.0 Å². The van der Waals surface area contributed by atoms with E-state index < -0.39 is 0 Å². The fraction of sp³-hybridized carbons (Fsp3) is 0.353. The molecule has 0 aliphatic heterocycles. The zero-order chi connectivity index (χ0) is 15.6. The number of benzene rings is 1. The van der Waals surface area contributed by atoms with Gasteiger partial charge in [0.15, 0.2) is 0 Å². The topological polar surface area (TPSA) is 43.6 Å². The van der Waals surface area contributed by atoms with Crippen LogP contribution in [0.1, 0.15) is 43.0 Å². The van der Waals surface area contributed by atoms with Gasteiger partial charge in [0.25, 0.3) is 0 Å². The first-order chi connectivity index (χ1) is 11.3. The number of hydrogen-bond acceptors (Lipinski definition) is 4. The molecule has 0 N–H and O–H groups in total. The van der Waals surface area contributed by atoms with Crippen LogP contribution in [0.25, 0.3) is 10.6 Å². The minimum Gasteiger partial charge on any atom is -0.246 e. The van der Waals surface area contributed by atoms with E-state index in [0.717, 1.165) is 22.0 Å². The van der Waals surface area contributed by atoms with Gasteiger partial charge in [0.05, 0.1) is 17.9 Å². The normalized spacial score (nSPS) is 15.3. The third-order valence-corrected chi connectivity index (χ3v) is 5.24. The molecule has 23 heavy (non-hydrogen) atoms. The molecule has 4 nitrogen and oxygen atoms in total. The molecule has 2 heterocycles. The lowest BCUT2D eigenvalue weighted by Gasteiger charge is -2.01. The van der Waals surface area contributed by atoms with Gasteiger partial charge in [0.2, 0.25) is 0 Å². The molecule has 6 heteroatoms. The Morgan fingerprint density at radius 2 is 1.96 bits per heavy atom. The fourth-order valence-corrected chi connectivity index (χ4v) is 3.89. The molecule has 1 aliphatic carbocycles. The average Bonchev–Trinajstić information content (AvgIpc) is 3.29. The van der Waals surface area contributed by atoms with E-state index in [9.17, 15) is 4.39 Å². The summed E-state index contributed by atoms with van der Waals surface area (Å²) in [4.78, 5) is 4.62. The Kier molecular flexibility index (Phi) is 3.91. The Morgan fingerprint density at radius 3 is 2.74 bits per heavy atom. The predicted molar refractivity (Wildman–Crippen MR) is 87.8 cm³/mol. The van der Waals surface area contributed by atoms with Crippen LogP contribution in [-0.2, 0) is 6.54 Å². The van der Waals surface area contributed by atoms with Crippen molar-refractivity contribution in [1.29, 1.82) is 0 Å². The maximum absolute atomic E-state index is 13.0. The molecule has 0 radical (unpaired) electrons. The Morgan fingerprint density at radius 1 is 1.17 bits per heavy atom. The van der Waals surface area contributed by atoms with E-state index in [-0.39, 0.29) is 5.82 Å². The molecule has 2 aromatic heterocycles. The summed E-state index contributed by atoms with van der Waals surface area (Å²) in [5.41, 5.74) is 3.00. The summed E-state index contributed by atoms with van der Waals surface area (Å²) in [7, 11) is 0. The summed E-state index contributed by atoms with van der Waals surface area (Å²) in [6.45, 7) is 0.622. The van der Waals surface area contributed by atoms with Crippen LogP contribution in [0.2, 0.25) is 0 Å². The number of thiazole rings is 1. The van der Waals surface area contributed by atoms with Gasteiger partial charge in [0, 0.05) is 23.1 Å². The first-order valence-electron chi connectivity index (χ1n) is 7.88. The molecule has 3 aromatic rings. The lowest BCUT2D eigenvalue weighted by molar-refractivity contribution is 0.628. The highest BCUT2D eigenvalue weighted by Crippen LogP contribution is 2.32. The van der Waals surface area contributed by atoms with Crippen molar-refractivity contribution in [3.05, 3.63) is 53.0 Å². The minimum atomic E-state index is -0.229. The summed E-state index contributed by atoms with van der Waals surface area (Å²) in [6, 6.07) is 6.43. The lowest BCUT2D eigenvalue weighted by Crippen LogP contribution is -2.00. The van der Waals surface area contributed by atoms with Gasteiger partial charge in [-0.3, -0.25) is 0 Å². The third-order valence-electron chi connectivity index (χ3n) is 4.30. The molecular formula is C17H17FN4S. The van der Waals surface area contributed by atoms with Crippen molar-refractivity contribution in [1.82, 2.24) is 20.0 Å². The smallest absolute Gasteiger partial charge is 0.123 e. The van der Waals surface area contributed by atoms with Crippen LogP contribution in [0, 0.1) is 5.82 Å². The average molecular weight is 328 g/mol. The minimum absolute atomic E-state index is 0.229. The van der Waals surface area contributed by atoms with E-state index >= 15 is 0 Å². The van der Waals surface area contributed by atoms with E-state index in [1.54, 1.807) is 23.5 Å². The predicted octanol–water partition coefficient (Wildman–Crippen LogP) is 4.25. The van der Waals surface area contributed by atoms with E-state index in [2.05, 4.69) is 15.3 Å². The first kappa shape index (κ1) is 14.5.